The van der Waals surface area contributed by atoms with Gasteiger partial charge in [-0.3, -0.25) is 0 Å². The van der Waals surface area contributed by atoms with E-state index in [1.807, 2.05) is 32.9 Å². The zero-order chi connectivity index (χ0) is 20.6. The van der Waals surface area contributed by atoms with Crippen molar-refractivity contribution < 1.29 is 9.53 Å². The summed E-state index contributed by atoms with van der Waals surface area (Å²) < 4.78 is 7.16. The molecule has 29 heavy (non-hydrogen) atoms. The van der Waals surface area contributed by atoms with Gasteiger partial charge in [0.1, 0.15) is 17.4 Å². The molecule has 4 heterocycles. The van der Waals surface area contributed by atoms with E-state index in [1.165, 1.54) is 6.33 Å². The summed E-state index contributed by atoms with van der Waals surface area (Å²) in [6.07, 6.45) is 4.67. The van der Waals surface area contributed by atoms with Crippen LogP contribution in [0.3, 0.4) is 0 Å². The van der Waals surface area contributed by atoms with Crippen molar-refractivity contribution in [1.82, 2.24) is 29.5 Å². The summed E-state index contributed by atoms with van der Waals surface area (Å²) in [5.74, 6) is 1.05. The number of carbonyl (C=O) groups excluding carboxylic acids is 1. The number of hydrogen-bond donors (Lipinski definition) is 1. The number of rotatable bonds is 2. The van der Waals surface area contributed by atoms with Crippen molar-refractivity contribution in [2.75, 3.05) is 36.8 Å². The first-order valence-corrected chi connectivity index (χ1v) is 9.45. The lowest BCUT2D eigenvalue weighted by molar-refractivity contribution is 0.0240. The van der Waals surface area contributed by atoms with Crippen molar-refractivity contribution >= 4 is 23.4 Å². The molecule has 1 fully saturated rings. The zero-order valence-corrected chi connectivity index (χ0v) is 16.7. The molecule has 4 rings (SSSR count). The molecule has 10 heteroatoms. The third-order valence-corrected chi connectivity index (χ3v) is 4.63. The Kier molecular flexibility index (Phi) is 4.69. The highest BCUT2D eigenvalue weighted by molar-refractivity contribution is 5.72. The fraction of sp³-hybridized carbons (Fsp3) is 0.421. The Hall–Kier alpha value is -3.43. The van der Waals surface area contributed by atoms with E-state index < -0.39 is 5.60 Å². The second-order valence-electron chi connectivity index (χ2n) is 7.89. The first kappa shape index (κ1) is 18.9. The Morgan fingerprint density at radius 2 is 1.76 bits per heavy atom. The summed E-state index contributed by atoms with van der Waals surface area (Å²) >= 11 is 0. The summed E-state index contributed by atoms with van der Waals surface area (Å²) in [6.45, 7) is 8.04. The number of carbonyl (C=O) groups is 1. The van der Waals surface area contributed by atoms with Gasteiger partial charge in [-0.15, -0.1) is 0 Å². The van der Waals surface area contributed by atoms with Crippen LogP contribution in [-0.2, 0) is 4.74 Å². The maximum Gasteiger partial charge on any atom is 0.410 e. The Morgan fingerprint density at radius 1 is 1.07 bits per heavy atom. The van der Waals surface area contributed by atoms with E-state index in [1.54, 1.807) is 21.8 Å². The molecule has 2 N–H and O–H groups in total. The van der Waals surface area contributed by atoms with E-state index >= 15 is 0 Å². The van der Waals surface area contributed by atoms with Gasteiger partial charge in [0, 0.05) is 44.1 Å². The quantitative estimate of drug-likeness (QED) is 0.698. The van der Waals surface area contributed by atoms with Gasteiger partial charge in [-0.1, -0.05) is 0 Å². The number of piperazine rings is 1. The smallest absolute Gasteiger partial charge is 0.410 e. The van der Waals surface area contributed by atoms with E-state index in [-0.39, 0.29) is 6.09 Å². The molecular weight excluding hydrogens is 372 g/mol. The first-order valence-electron chi connectivity index (χ1n) is 9.45. The molecule has 0 unspecified atom stereocenters. The SMILES string of the molecule is CC(C)(C)OC(=O)N1CCN(c2ncc(-c3ccc4c(N)ncnn34)cn2)CC1. The normalized spacial score (nSPS) is 15.0. The molecule has 0 radical (unpaired) electrons. The van der Waals surface area contributed by atoms with Crippen LogP contribution in [0.15, 0.2) is 30.9 Å². The Labute approximate surface area is 168 Å². The molecule has 0 saturated carbocycles. The topological polar surface area (TPSA) is 115 Å². The highest BCUT2D eigenvalue weighted by Gasteiger charge is 2.26. The van der Waals surface area contributed by atoms with E-state index in [0.717, 1.165) is 16.8 Å². The molecule has 1 amide bonds. The van der Waals surface area contributed by atoms with Gasteiger partial charge >= 0.3 is 6.09 Å². The Morgan fingerprint density at radius 3 is 2.41 bits per heavy atom. The average molecular weight is 396 g/mol. The number of nitrogens with two attached hydrogens (primary N) is 1. The largest absolute Gasteiger partial charge is 0.444 e. The van der Waals surface area contributed by atoms with Crippen LogP contribution in [0.5, 0.6) is 0 Å². The lowest BCUT2D eigenvalue weighted by Gasteiger charge is -2.35. The molecule has 1 aliphatic heterocycles. The molecule has 3 aromatic rings. The van der Waals surface area contributed by atoms with Gasteiger partial charge in [0.15, 0.2) is 5.82 Å². The number of anilines is 2. The maximum absolute atomic E-state index is 12.2. The van der Waals surface area contributed by atoms with Crippen LogP contribution in [0.1, 0.15) is 20.8 Å². The fourth-order valence-electron chi connectivity index (χ4n) is 3.20. The standard InChI is InChI=1S/C19H24N8O2/c1-19(2,3)29-18(28)26-8-6-25(7-9-26)17-21-10-13(11-22-17)14-4-5-15-16(20)23-12-24-27(14)15/h4-5,10-12H,6-9H2,1-3H3,(H2,20,23,24). The third kappa shape index (κ3) is 3.91. The molecule has 3 aromatic heterocycles. The number of nitrogen functional groups attached to an aromatic ring is 1. The molecule has 1 aliphatic rings. The van der Waals surface area contributed by atoms with Gasteiger partial charge in [-0.25, -0.2) is 24.3 Å². The number of nitrogens with zero attached hydrogens (tertiary/aromatic N) is 7. The van der Waals surface area contributed by atoms with Crippen molar-refractivity contribution in [3.8, 4) is 11.3 Å². The van der Waals surface area contributed by atoms with Crippen LogP contribution >= 0.6 is 0 Å². The predicted octanol–water partition coefficient (Wildman–Crippen LogP) is 1.83. The zero-order valence-electron chi connectivity index (χ0n) is 16.7. The fourth-order valence-corrected chi connectivity index (χ4v) is 3.20. The van der Waals surface area contributed by atoms with Crippen molar-refractivity contribution in [3.63, 3.8) is 0 Å². The van der Waals surface area contributed by atoms with Crippen molar-refractivity contribution in [2.24, 2.45) is 0 Å². The number of amides is 1. The predicted molar refractivity (Wildman–Crippen MR) is 108 cm³/mol. The lowest BCUT2D eigenvalue weighted by Crippen LogP contribution is -2.50. The lowest BCUT2D eigenvalue weighted by atomic mass is 10.2. The minimum absolute atomic E-state index is 0.283. The molecule has 0 aliphatic carbocycles. The summed E-state index contributed by atoms with van der Waals surface area (Å²) in [6, 6.07) is 3.78. The van der Waals surface area contributed by atoms with E-state index in [4.69, 9.17) is 10.5 Å². The van der Waals surface area contributed by atoms with Gasteiger partial charge in [0.25, 0.3) is 0 Å². The molecule has 0 atom stereocenters. The highest BCUT2D eigenvalue weighted by atomic mass is 16.6. The van der Waals surface area contributed by atoms with Gasteiger partial charge in [-0.05, 0) is 32.9 Å². The van der Waals surface area contributed by atoms with Crippen molar-refractivity contribution in [2.45, 2.75) is 26.4 Å². The monoisotopic (exact) mass is 396 g/mol. The third-order valence-electron chi connectivity index (χ3n) is 4.63. The van der Waals surface area contributed by atoms with E-state index in [0.29, 0.717) is 37.9 Å². The van der Waals surface area contributed by atoms with E-state index in [9.17, 15) is 4.79 Å². The second kappa shape index (κ2) is 7.19. The number of aromatic nitrogens is 5. The number of hydrogen-bond acceptors (Lipinski definition) is 8. The van der Waals surface area contributed by atoms with Gasteiger partial charge < -0.3 is 20.3 Å². The molecular formula is C19H24N8O2. The maximum atomic E-state index is 12.2. The molecule has 0 aromatic carbocycles. The Balaban J connectivity index is 1.44. The highest BCUT2D eigenvalue weighted by Crippen LogP contribution is 2.23. The number of ether oxygens (including phenoxy) is 1. The van der Waals surface area contributed by atoms with Crippen LogP contribution in [0.25, 0.3) is 16.8 Å². The summed E-state index contributed by atoms with van der Waals surface area (Å²) in [4.78, 5) is 29.0. The molecule has 0 bridgehead atoms. The van der Waals surface area contributed by atoms with Crippen LogP contribution in [0, 0.1) is 0 Å². The molecule has 152 valence electrons. The van der Waals surface area contributed by atoms with Crippen LogP contribution in [0.2, 0.25) is 0 Å². The molecule has 10 nitrogen and oxygen atoms in total. The van der Waals surface area contributed by atoms with Crippen molar-refractivity contribution in [3.05, 3.63) is 30.9 Å². The second-order valence-corrected chi connectivity index (χ2v) is 7.89. The average Bonchev–Trinajstić information content (AvgIpc) is 3.12. The number of fused-ring (bicyclic) bond motifs is 1. The van der Waals surface area contributed by atoms with Crippen molar-refractivity contribution in [1.29, 1.82) is 0 Å². The van der Waals surface area contributed by atoms with Crippen LogP contribution in [-0.4, -0.2) is 67.3 Å². The van der Waals surface area contributed by atoms with Gasteiger partial charge in [-0.2, -0.15) is 5.10 Å². The molecule has 0 spiro atoms. The first-order chi connectivity index (χ1) is 13.8. The van der Waals surface area contributed by atoms with E-state index in [2.05, 4.69) is 25.0 Å². The van der Waals surface area contributed by atoms with Gasteiger partial charge in [0.05, 0.1) is 5.69 Å². The minimum atomic E-state index is -0.494. The summed E-state index contributed by atoms with van der Waals surface area (Å²) in [7, 11) is 0. The minimum Gasteiger partial charge on any atom is -0.444 e. The van der Waals surface area contributed by atoms with Gasteiger partial charge in [0.2, 0.25) is 5.95 Å². The van der Waals surface area contributed by atoms with Crippen LogP contribution < -0.4 is 10.6 Å². The molecule has 1 saturated heterocycles. The summed E-state index contributed by atoms with van der Waals surface area (Å²) in [5.41, 5.74) is 7.81. The summed E-state index contributed by atoms with van der Waals surface area (Å²) in [5, 5.41) is 4.25. The Bertz CT molecular complexity index is 1020. The van der Waals surface area contributed by atoms with Crippen LogP contribution in [0.4, 0.5) is 16.6 Å².